The van der Waals surface area contributed by atoms with Crippen molar-refractivity contribution < 1.29 is 29.5 Å². The van der Waals surface area contributed by atoms with E-state index in [9.17, 15) is 24.8 Å². The lowest BCUT2D eigenvalue weighted by molar-refractivity contribution is -0.138. The van der Waals surface area contributed by atoms with Crippen molar-refractivity contribution >= 4 is 25.0 Å². The summed E-state index contributed by atoms with van der Waals surface area (Å²) in [6, 6.07) is 3.92. The van der Waals surface area contributed by atoms with Gasteiger partial charge in [-0.25, -0.2) is 0 Å². The van der Waals surface area contributed by atoms with Crippen LogP contribution in [0.5, 0.6) is 5.75 Å². The number of aryl methyl sites for hydroxylation is 2. The number of phenolic OH excluding ortho intramolecular Hbond substituents is 1. The Bertz CT molecular complexity index is 1040. The lowest BCUT2D eigenvalue weighted by Crippen LogP contribution is -2.46. The summed E-state index contributed by atoms with van der Waals surface area (Å²) in [6.07, 6.45) is 4.50. The number of likely N-dealkylation sites (tertiary alicyclic amines) is 1. The van der Waals surface area contributed by atoms with Gasteiger partial charge >= 0.3 is 7.12 Å². The van der Waals surface area contributed by atoms with E-state index in [1.807, 2.05) is 26.0 Å². The first-order chi connectivity index (χ1) is 16.2. The molecule has 3 aliphatic rings. The van der Waals surface area contributed by atoms with Crippen LogP contribution in [0.3, 0.4) is 0 Å². The molecule has 8 heteroatoms. The number of amides is 2. The fourth-order valence-electron chi connectivity index (χ4n) is 6.04. The second-order valence-corrected chi connectivity index (χ2v) is 9.91. The Balaban J connectivity index is 1.60. The number of fused-ring (bicyclic) bond motifs is 3. The van der Waals surface area contributed by atoms with Crippen LogP contribution in [0.4, 0.5) is 0 Å². The fraction of sp³-hybridized carbons (Fsp3) is 0.538. The predicted octanol–water partition coefficient (Wildman–Crippen LogP) is 3.00. The first kappa shape index (κ1) is 24.7. The van der Waals surface area contributed by atoms with Gasteiger partial charge in [-0.1, -0.05) is 18.6 Å². The molecular weight excluding hydrogens is 433 g/mol. The van der Waals surface area contributed by atoms with E-state index in [1.54, 1.807) is 0 Å². The van der Waals surface area contributed by atoms with Gasteiger partial charge in [0, 0.05) is 7.05 Å². The number of phenols is 1. The summed E-state index contributed by atoms with van der Waals surface area (Å²) in [4.78, 5) is 26.7. The Morgan fingerprint density at radius 3 is 2.50 bits per heavy atom. The van der Waals surface area contributed by atoms with Crippen molar-refractivity contribution in [3.8, 4) is 5.75 Å². The monoisotopic (exact) mass is 467 g/mol. The number of rotatable bonds is 6. The zero-order chi connectivity index (χ0) is 24.7. The second-order valence-electron chi connectivity index (χ2n) is 9.91. The molecule has 3 N–H and O–H groups in total. The highest BCUT2D eigenvalue weighted by Crippen LogP contribution is 2.50. The van der Waals surface area contributed by atoms with Gasteiger partial charge in [0.25, 0.3) is 0 Å². The summed E-state index contributed by atoms with van der Waals surface area (Å²) in [5, 5.41) is 30.7. The first-order valence-electron chi connectivity index (χ1n) is 12.1. The van der Waals surface area contributed by atoms with Crippen molar-refractivity contribution in [3.05, 3.63) is 45.5 Å². The number of hydrogen-bond donors (Lipinski definition) is 3. The summed E-state index contributed by atoms with van der Waals surface area (Å²) in [5.41, 5.74) is 5.57. The molecule has 0 saturated carbocycles. The third kappa shape index (κ3) is 4.35. The van der Waals surface area contributed by atoms with Gasteiger partial charge in [0.2, 0.25) is 11.8 Å². The number of aliphatic hydroxyl groups excluding tert-OH is 1. The Kier molecular flexibility index (Phi) is 7.03. The van der Waals surface area contributed by atoms with Gasteiger partial charge in [0.05, 0.1) is 24.5 Å². The number of aromatic hydroxyl groups is 1. The molecule has 0 spiro atoms. The van der Waals surface area contributed by atoms with Crippen molar-refractivity contribution in [1.29, 1.82) is 0 Å². The van der Waals surface area contributed by atoms with Gasteiger partial charge in [-0.15, -0.1) is 0 Å². The molecule has 2 fully saturated rings. The smallest absolute Gasteiger partial charge is 0.455 e. The molecular formula is C26H34BNO6. The lowest BCUT2D eigenvalue weighted by Gasteiger charge is -2.43. The van der Waals surface area contributed by atoms with Crippen molar-refractivity contribution in [3.63, 3.8) is 0 Å². The maximum Gasteiger partial charge on any atom is 0.455 e. The first-order valence-corrected chi connectivity index (χ1v) is 12.1. The van der Waals surface area contributed by atoms with Crippen LogP contribution in [0.25, 0.3) is 6.08 Å². The molecule has 0 aromatic heterocycles. The van der Waals surface area contributed by atoms with Crippen LogP contribution in [0, 0.1) is 31.6 Å². The van der Waals surface area contributed by atoms with E-state index >= 15 is 0 Å². The zero-order valence-corrected chi connectivity index (χ0v) is 20.4. The normalized spacial score (nSPS) is 27.4. The Labute approximate surface area is 201 Å². The van der Waals surface area contributed by atoms with E-state index in [1.165, 1.54) is 17.5 Å². The van der Waals surface area contributed by atoms with E-state index in [0.717, 1.165) is 40.7 Å². The van der Waals surface area contributed by atoms with Gasteiger partial charge in [-0.2, -0.15) is 0 Å². The molecule has 0 unspecified atom stereocenters. The molecule has 1 aliphatic carbocycles. The minimum Gasteiger partial charge on any atom is -0.507 e. The molecule has 0 bridgehead atoms. The molecule has 1 aromatic rings. The lowest BCUT2D eigenvalue weighted by atomic mass is 9.58. The Hall–Kier alpha value is -2.42. The standard InChI is InChI=1S/C26H34BNO6/c1-5-16(10-17-8-14(2)24(30)15(3)9-17)6-7-21-22-18(13-29)11-19-23(20(22)12-27(33)34-21)26(32)28(4)25(19)31/h8-10,19-21,23,29-30,33H,5-7,11-13H2,1-4H3/b16-10+/t19-,20+,21-,23-/m1/s1. The second kappa shape index (κ2) is 9.68. The van der Waals surface area contributed by atoms with Crippen LogP contribution in [0.15, 0.2) is 28.9 Å². The van der Waals surface area contributed by atoms with Crippen LogP contribution in [0.1, 0.15) is 49.3 Å². The average Bonchev–Trinajstić information content (AvgIpc) is 3.02. The van der Waals surface area contributed by atoms with Gasteiger partial charge in [0.15, 0.2) is 0 Å². The molecule has 1 aromatic carbocycles. The molecule has 2 amide bonds. The Morgan fingerprint density at radius 1 is 1.21 bits per heavy atom. The molecule has 2 aliphatic heterocycles. The van der Waals surface area contributed by atoms with Crippen molar-refractivity contribution in [2.75, 3.05) is 13.7 Å². The van der Waals surface area contributed by atoms with Crippen LogP contribution >= 0.6 is 0 Å². The third-order valence-corrected chi connectivity index (χ3v) is 7.79. The predicted molar refractivity (Wildman–Crippen MR) is 130 cm³/mol. The van der Waals surface area contributed by atoms with Crippen molar-refractivity contribution in [2.45, 2.75) is 58.9 Å². The van der Waals surface area contributed by atoms with E-state index in [-0.39, 0.29) is 30.7 Å². The number of allylic oxidation sites excluding steroid dienone is 1. The molecule has 7 nitrogen and oxygen atoms in total. The number of carbonyl (C=O) groups excluding carboxylic acids is 2. The Morgan fingerprint density at radius 2 is 1.88 bits per heavy atom. The summed E-state index contributed by atoms with van der Waals surface area (Å²) >= 11 is 0. The maximum atomic E-state index is 12.9. The highest BCUT2D eigenvalue weighted by molar-refractivity contribution is 6.43. The van der Waals surface area contributed by atoms with E-state index < -0.39 is 25.1 Å². The molecule has 2 saturated heterocycles. The largest absolute Gasteiger partial charge is 0.507 e. The molecule has 4 rings (SSSR count). The van der Waals surface area contributed by atoms with Gasteiger partial charge in [-0.05, 0) is 91.7 Å². The van der Waals surface area contributed by atoms with Crippen molar-refractivity contribution in [2.24, 2.45) is 17.8 Å². The number of nitrogens with zero attached hydrogens (tertiary/aromatic N) is 1. The summed E-state index contributed by atoms with van der Waals surface area (Å²) < 4.78 is 5.94. The van der Waals surface area contributed by atoms with Crippen molar-refractivity contribution in [1.82, 2.24) is 4.90 Å². The molecule has 4 atom stereocenters. The summed E-state index contributed by atoms with van der Waals surface area (Å²) in [7, 11) is 0.502. The minimum atomic E-state index is -1.01. The third-order valence-electron chi connectivity index (χ3n) is 7.79. The minimum absolute atomic E-state index is 0.182. The topological polar surface area (TPSA) is 107 Å². The van der Waals surface area contributed by atoms with E-state index in [4.69, 9.17) is 4.65 Å². The molecule has 182 valence electrons. The van der Waals surface area contributed by atoms with E-state index in [0.29, 0.717) is 18.6 Å². The number of imide groups is 1. The molecule has 34 heavy (non-hydrogen) atoms. The highest BCUT2D eigenvalue weighted by Gasteiger charge is 2.56. The summed E-state index contributed by atoms with van der Waals surface area (Å²) in [5.74, 6) is -1.34. The molecule has 0 radical (unpaired) electrons. The van der Waals surface area contributed by atoms with Crippen LogP contribution in [-0.2, 0) is 14.2 Å². The van der Waals surface area contributed by atoms with Crippen LogP contribution in [-0.4, -0.2) is 58.8 Å². The van der Waals surface area contributed by atoms with Gasteiger partial charge in [0.1, 0.15) is 5.75 Å². The van der Waals surface area contributed by atoms with Gasteiger partial charge in [-0.3, -0.25) is 14.5 Å². The van der Waals surface area contributed by atoms with Crippen LogP contribution in [0.2, 0.25) is 6.32 Å². The van der Waals surface area contributed by atoms with E-state index in [2.05, 4.69) is 13.0 Å². The quantitative estimate of drug-likeness (QED) is 0.337. The number of carbonyl (C=O) groups is 2. The average molecular weight is 467 g/mol. The number of benzene rings is 1. The zero-order valence-electron chi connectivity index (χ0n) is 20.4. The van der Waals surface area contributed by atoms with Gasteiger partial charge < -0.3 is 19.9 Å². The summed E-state index contributed by atoms with van der Waals surface area (Å²) in [6.45, 7) is 5.68. The SMILES string of the molecule is CC/C(=C\c1cc(C)c(O)c(C)c1)CC[C@H]1OB(O)C[C@H]2C1=C(CO)C[C@H]1C(=O)N(C)C(=O)[C@H]12. The number of hydrogen-bond acceptors (Lipinski definition) is 6. The molecule has 2 heterocycles. The number of aliphatic hydroxyl groups is 1. The highest BCUT2D eigenvalue weighted by atomic mass is 16.5. The maximum absolute atomic E-state index is 12.9. The fourth-order valence-corrected chi connectivity index (χ4v) is 6.04. The van der Waals surface area contributed by atoms with Crippen LogP contribution < -0.4 is 0 Å².